The molecule has 0 bridgehead atoms. The van der Waals surface area contributed by atoms with Gasteiger partial charge < -0.3 is 0 Å². The summed E-state index contributed by atoms with van der Waals surface area (Å²) in [6.07, 6.45) is 7.76. The van der Waals surface area contributed by atoms with E-state index in [0.29, 0.717) is 5.56 Å². The maximum atomic E-state index is 12.6. The zero-order chi connectivity index (χ0) is 18.1. The third kappa shape index (κ3) is 5.82. The predicted octanol–water partition coefficient (Wildman–Crippen LogP) is 5.66. The van der Waals surface area contributed by atoms with Crippen LogP contribution in [0.5, 0.6) is 0 Å². The Hall–Kier alpha value is -2.48. The minimum absolute atomic E-state index is 0.211. The van der Waals surface area contributed by atoms with Crippen LogP contribution in [-0.4, -0.2) is 11.6 Å². The first-order valence-electron chi connectivity index (χ1n) is 9.03. The van der Waals surface area contributed by atoms with E-state index < -0.39 is 0 Å². The number of ketones is 2. The molecule has 0 fully saturated rings. The van der Waals surface area contributed by atoms with E-state index in [9.17, 15) is 9.59 Å². The number of carbonyl (C=O) groups excluding carboxylic acids is 2. The third-order valence-electron chi connectivity index (χ3n) is 4.27. The Balaban J connectivity index is 2.12. The summed E-state index contributed by atoms with van der Waals surface area (Å²) in [4.78, 5) is 24.5. The molecule has 0 aromatic heterocycles. The molecule has 0 atom stereocenters. The highest BCUT2D eigenvalue weighted by Gasteiger charge is 2.16. The quantitative estimate of drug-likeness (QED) is 0.195. The van der Waals surface area contributed by atoms with Gasteiger partial charge in [0.1, 0.15) is 0 Å². The highest BCUT2D eigenvalue weighted by molar-refractivity contribution is 6.28. The van der Waals surface area contributed by atoms with E-state index in [1.807, 2.05) is 18.2 Å². The molecule has 0 aliphatic rings. The summed E-state index contributed by atoms with van der Waals surface area (Å²) < 4.78 is 0. The Kier molecular flexibility index (Phi) is 7.34. The summed E-state index contributed by atoms with van der Waals surface area (Å²) in [5.74, 6) is -0.436. The summed E-state index contributed by atoms with van der Waals surface area (Å²) in [6, 6.07) is 17.1. The number of allylic oxidation sites excluding steroid dienone is 1. The van der Waals surface area contributed by atoms with Crippen LogP contribution in [0.1, 0.15) is 61.0 Å². The van der Waals surface area contributed by atoms with E-state index in [0.717, 1.165) is 12.0 Å². The largest absolute Gasteiger partial charge is 0.294 e. The van der Waals surface area contributed by atoms with Crippen LogP contribution >= 0.6 is 0 Å². The molecule has 0 saturated heterocycles. The number of rotatable bonds is 9. The molecule has 2 rings (SSSR count). The van der Waals surface area contributed by atoms with E-state index in [2.05, 4.69) is 19.1 Å². The predicted molar refractivity (Wildman–Crippen MR) is 104 cm³/mol. The fourth-order valence-electron chi connectivity index (χ4n) is 2.78. The van der Waals surface area contributed by atoms with Gasteiger partial charge in [0, 0.05) is 5.56 Å². The van der Waals surface area contributed by atoms with Crippen LogP contribution in [0.4, 0.5) is 0 Å². The second kappa shape index (κ2) is 9.73. The van der Waals surface area contributed by atoms with Crippen molar-refractivity contribution in [2.45, 2.75) is 46.0 Å². The van der Waals surface area contributed by atoms with Crippen molar-refractivity contribution in [2.75, 3.05) is 0 Å². The Labute approximate surface area is 150 Å². The van der Waals surface area contributed by atoms with E-state index in [1.54, 1.807) is 30.3 Å². The molecule has 0 heterocycles. The molecule has 2 aromatic carbocycles. The molecule has 2 heteroatoms. The van der Waals surface area contributed by atoms with Gasteiger partial charge in [0.15, 0.2) is 11.6 Å². The maximum Gasteiger partial charge on any atom is 0.196 e. The van der Waals surface area contributed by atoms with E-state index in [4.69, 9.17) is 0 Å². The average molecular weight is 334 g/mol. The van der Waals surface area contributed by atoms with Crippen LogP contribution < -0.4 is 0 Å². The van der Waals surface area contributed by atoms with Gasteiger partial charge in [-0.15, -0.1) is 0 Å². The first kappa shape index (κ1) is 18.9. The molecule has 0 radical (unpaired) electrons. The van der Waals surface area contributed by atoms with Crippen molar-refractivity contribution in [1.29, 1.82) is 0 Å². The van der Waals surface area contributed by atoms with Gasteiger partial charge >= 0.3 is 0 Å². The van der Waals surface area contributed by atoms with Crippen molar-refractivity contribution in [3.05, 3.63) is 76.9 Å². The number of aryl methyl sites for hydroxylation is 1. The van der Waals surface area contributed by atoms with Crippen molar-refractivity contribution in [3.63, 3.8) is 0 Å². The molecule has 0 saturated carbocycles. The molecule has 0 unspecified atom stereocenters. The second-order valence-corrected chi connectivity index (χ2v) is 6.36. The monoisotopic (exact) mass is 334 g/mol. The SMILES string of the molecule is CCCCCCc1ccc(C=C(C(C)=O)C(=O)c2ccccc2)cc1. The van der Waals surface area contributed by atoms with Gasteiger partial charge in [-0.3, -0.25) is 9.59 Å². The van der Waals surface area contributed by atoms with E-state index >= 15 is 0 Å². The zero-order valence-electron chi connectivity index (χ0n) is 15.1. The van der Waals surface area contributed by atoms with Gasteiger partial charge in [-0.2, -0.15) is 0 Å². The molecule has 0 spiro atoms. The van der Waals surface area contributed by atoms with Crippen molar-refractivity contribution in [1.82, 2.24) is 0 Å². The first-order valence-corrected chi connectivity index (χ1v) is 9.03. The van der Waals surface area contributed by atoms with Crippen LogP contribution in [0.25, 0.3) is 6.08 Å². The molecule has 0 N–H and O–H groups in total. The van der Waals surface area contributed by atoms with Crippen molar-refractivity contribution >= 4 is 17.6 Å². The highest BCUT2D eigenvalue weighted by Crippen LogP contribution is 2.16. The van der Waals surface area contributed by atoms with Gasteiger partial charge in [-0.05, 0) is 37.0 Å². The van der Waals surface area contributed by atoms with E-state index in [-0.39, 0.29) is 17.1 Å². The van der Waals surface area contributed by atoms with Crippen molar-refractivity contribution in [3.8, 4) is 0 Å². The standard InChI is InChI=1S/C23H26O2/c1-3-4-5-7-10-19-13-15-20(16-14-19)17-22(18(2)24)23(25)21-11-8-6-9-12-21/h6,8-9,11-17H,3-5,7,10H2,1-2H3. The van der Waals surface area contributed by atoms with Gasteiger partial charge in [0.2, 0.25) is 0 Å². The summed E-state index contributed by atoms with van der Waals surface area (Å²) in [6.45, 7) is 3.65. The Morgan fingerprint density at radius 1 is 0.880 bits per heavy atom. The van der Waals surface area contributed by atoms with Crippen LogP contribution in [0.3, 0.4) is 0 Å². The lowest BCUT2D eigenvalue weighted by molar-refractivity contribution is -0.113. The highest BCUT2D eigenvalue weighted by atomic mass is 16.1. The topological polar surface area (TPSA) is 34.1 Å². The number of Topliss-reactive ketones (excluding diaryl/α,β-unsaturated/α-hetero) is 2. The summed E-state index contributed by atoms with van der Waals surface area (Å²) in [5.41, 5.74) is 2.94. The smallest absolute Gasteiger partial charge is 0.196 e. The lowest BCUT2D eigenvalue weighted by Gasteiger charge is -2.05. The molecule has 130 valence electrons. The number of benzene rings is 2. The maximum absolute atomic E-state index is 12.6. The summed E-state index contributed by atoms with van der Waals surface area (Å²) >= 11 is 0. The minimum atomic E-state index is -0.225. The number of unbranched alkanes of at least 4 members (excludes halogenated alkanes) is 3. The van der Waals surface area contributed by atoms with Crippen molar-refractivity contribution < 1.29 is 9.59 Å². The van der Waals surface area contributed by atoms with Gasteiger partial charge in [-0.1, -0.05) is 80.8 Å². The Bertz CT molecular complexity index is 724. The number of hydrogen-bond acceptors (Lipinski definition) is 2. The summed E-state index contributed by atoms with van der Waals surface area (Å²) in [7, 11) is 0. The molecule has 0 aliphatic heterocycles. The molecular weight excluding hydrogens is 308 g/mol. The Morgan fingerprint density at radius 2 is 1.56 bits per heavy atom. The second-order valence-electron chi connectivity index (χ2n) is 6.36. The first-order chi connectivity index (χ1) is 12.1. The fourth-order valence-corrected chi connectivity index (χ4v) is 2.78. The van der Waals surface area contributed by atoms with Gasteiger partial charge in [0.25, 0.3) is 0 Å². The number of carbonyl (C=O) groups is 2. The number of hydrogen-bond donors (Lipinski definition) is 0. The normalized spacial score (nSPS) is 11.4. The Morgan fingerprint density at radius 3 is 2.16 bits per heavy atom. The molecule has 0 amide bonds. The lowest BCUT2D eigenvalue weighted by Crippen LogP contribution is -2.10. The van der Waals surface area contributed by atoms with Crippen LogP contribution in [-0.2, 0) is 11.2 Å². The van der Waals surface area contributed by atoms with Gasteiger partial charge in [0.05, 0.1) is 5.57 Å². The molecule has 25 heavy (non-hydrogen) atoms. The molecule has 0 aliphatic carbocycles. The molecule has 2 aromatic rings. The fraction of sp³-hybridized carbons (Fsp3) is 0.304. The third-order valence-corrected chi connectivity index (χ3v) is 4.27. The van der Waals surface area contributed by atoms with Crippen molar-refractivity contribution in [2.24, 2.45) is 0 Å². The minimum Gasteiger partial charge on any atom is -0.294 e. The van der Waals surface area contributed by atoms with Crippen LogP contribution in [0.2, 0.25) is 0 Å². The lowest BCUT2D eigenvalue weighted by atomic mass is 9.97. The van der Waals surface area contributed by atoms with Crippen LogP contribution in [0.15, 0.2) is 60.2 Å². The van der Waals surface area contributed by atoms with Gasteiger partial charge in [-0.25, -0.2) is 0 Å². The molecular formula is C23H26O2. The van der Waals surface area contributed by atoms with E-state index in [1.165, 1.54) is 38.2 Å². The molecule has 2 nitrogen and oxygen atoms in total. The average Bonchev–Trinajstić information content (AvgIpc) is 2.64. The summed E-state index contributed by atoms with van der Waals surface area (Å²) in [5, 5.41) is 0. The van der Waals surface area contributed by atoms with Crippen LogP contribution in [0, 0.1) is 0 Å². The zero-order valence-corrected chi connectivity index (χ0v) is 15.1.